The monoisotopic (exact) mass is 1430 g/mol. The van der Waals surface area contributed by atoms with Crippen LogP contribution in [0.4, 0.5) is 0 Å². The van der Waals surface area contributed by atoms with E-state index < -0.39 is 19.6 Å². The molecule has 0 amide bonds. The van der Waals surface area contributed by atoms with E-state index in [0.29, 0.717) is 4.44 Å². The molecule has 0 aliphatic heterocycles. The minimum absolute atomic E-state index is 0.200. The summed E-state index contributed by atoms with van der Waals surface area (Å²) in [7, 11) is 0. The molecule has 10 heteroatoms. The second kappa shape index (κ2) is 78.3. The molecule has 0 aliphatic rings. The average molecular weight is 1430 g/mol. The van der Waals surface area contributed by atoms with E-state index >= 15 is 0 Å². The van der Waals surface area contributed by atoms with Crippen molar-refractivity contribution in [1.82, 2.24) is 0 Å². The van der Waals surface area contributed by atoms with Crippen LogP contribution in [0.2, 0.25) is 4.44 Å². The summed E-state index contributed by atoms with van der Waals surface area (Å²) >= 11 is -0.182. The summed E-state index contributed by atoms with van der Waals surface area (Å²) in [6, 6.07) is 0. The third kappa shape index (κ3) is 72.5. The van der Waals surface area contributed by atoms with Gasteiger partial charge in [-0.25, -0.2) is 0 Å². The summed E-state index contributed by atoms with van der Waals surface area (Å²) in [6.45, 7) is 9.12. The van der Waals surface area contributed by atoms with Crippen molar-refractivity contribution in [3.8, 4) is 0 Å². The number of hydrogen-bond acceptors (Lipinski definition) is 9. The summed E-state index contributed by atoms with van der Waals surface area (Å²) in [5.41, 5.74) is 0. The fourth-order valence-corrected chi connectivity index (χ4v) is 22.8. The maximum atomic E-state index is 13.7. The summed E-state index contributed by atoms with van der Waals surface area (Å²) < 4.78 is 19.3. The van der Waals surface area contributed by atoms with E-state index in [1.807, 2.05) is 0 Å². The molecule has 0 unspecified atom stereocenters. The Bertz CT molecular complexity index is 1270. The summed E-state index contributed by atoms with van der Waals surface area (Å²) in [4.78, 5) is 41.2. The molecule has 0 bridgehead atoms. The Labute approximate surface area is 582 Å². The van der Waals surface area contributed by atoms with E-state index in [2.05, 4.69) is 27.7 Å². The molecule has 0 N–H and O–H groups in total. The van der Waals surface area contributed by atoms with Crippen LogP contribution in [0.25, 0.3) is 0 Å². The van der Waals surface area contributed by atoms with Crippen molar-refractivity contribution in [2.75, 3.05) is 34.5 Å². The smallest absolute Gasteiger partial charge is 0.0654 e. The normalized spacial score (nSPS) is 11.7. The maximum absolute atomic E-state index is 13.7. The number of rotatable bonds is 79. The van der Waals surface area contributed by atoms with Gasteiger partial charge in [0.05, 0.1) is 0 Å². The predicted molar refractivity (Wildman–Crippen MR) is 408 cm³/mol. The van der Waals surface area contributed by atoms with Gasteiger partial charge in [0.1, 0.15) is 0 Å². The summed E-state index contributed by atoms with van der Waals surface area (Å²) in [6.07, 6.45) is 88.3. The Balaban J connectivity index is 4.88. The predicted octanol–water partition coefficient (Wildman–Crippen LogP) is 28.6. The van der Waals surface area contributed by atoms with Gasteiger partial charge < -0.3 is 0 Å². The molecule has 0 aromatic carbocycles. The van der Waals surface area contributed by atoms with Crippen molar-refractivity contribution in [3.63, 3.8) is 0 Å². The van der Waals surface area contributed by atoms with Gasteiger partial charge in [-0.15, -0.1) is 0 Å². The van der Waals surface area contributed by atoms with Crippen LogP contribution in [0.15, 0.2) is 0 Å². The van der Waals surface area contributed by atoms with Gasteiger partial charge in [0.2, 0.25) is 0 Å². The second-order valence-corrected chi connectivity index (χ2v) is 38.3. The molecule has 0 atom stereocenters. The third-order valence-electron chi connectivity index (χ3n) is 18.7. The van der Waals surface area contributed by atoms with E-state index in [-0.39, 0.29) is 35.2 Å². The molecular weight excluding hydrogens is 1270 g/mol. The zero-order valence-corrected chi connectivity index (χ0v) is 66.6. The first-order valence-electron chi connectivity index (χ1n) is 40.8. The molecule has 0 spiro atoms. The van der Waals surface area contributed by atoms with E-state index in [4.69, 9.17) is 9.22 Å². The van der Waals surface area contributed by atoms with Crippen molar-refractivity contribution >= 4 is 72.8 Å². The van der Waals surface area contributed by atoms with Crippen LogP contribution in [0.3, 0.4) is 0 Å². The van der Waals surface area contributed by atoms with E-state index in [1.165, 1.54) is 379 Å². The van der Waals surface area contributed by atoms with Crippen LogP contribution < -0.4 is 0 Å². The number of hydrogen-bond donors (Lipinski definition) is 0. The summed E-state index contributed by atoms with van der Waals surface area (Å²) in [5, 5.41) is 0. The Morgan fingerprint density at radius 1 is 0.200 bits per heavy atom. The van der Waals surface area contributed by atoms with E-state index in [0.717, 1.165) is 62.2 Å². The van der Waals surface area contributed by atoms with Crippen LogP contribution in [0, 0.1) is 0 Å². The standard InChI is InChI=1S/3C24H48O2S.C8H17.Sn/c3*1-2-3-4-5-6-7-8-9-10-11-12-13-14-15-16-17-18-19-20-21-22-27-23-24(25)26;1-3-5-7-8-6-4-2;/h3*2-23H2,1H3,(H,25,26);1,3-8H2,2H3;/q;;;;+3/p-3. The number of carbonyl (C=O) groups excluding carboxylic acids is 3. The van der Waals surface area contributed by atoms with Crippen molar-refractivity contribution in [1.29, 1.82) is 0 Å². The van der Waals surface area contributed by atoms with Gasteiger partial charge in [-0.3, -0.25) is 0 Å². The SMILES string of the molecule is CCCCCCCCCCCCCCCCCCCCCCSCC(=O)[O][Sn]([CH2]CCCCCCC)([O]C(=O)CSCCCCCCCCCCCCCCCCCCCCCC)[O]C(=O)CSCCCCCCCCCCCCCCCCCCCCCC. The summed E-state index contributed by atoms with van der Waals surface area (Å²) in [5.74, 6) is 2.15. The molecule has 0 aromatic rings. The van der Waals surface area contributed by atoms with Gasteiger partial charge in [0.25, 0.3) is 0 Å². The molecule has 0 aliphatic carbocycles. The van der Waals surface area contributed by atoms with Crippen LogP contribution in [0.1, 0.15) is 451 Å². The molecule has 6 nitrogen and oxygen atoms in total. The van der Waals surface area contributed by atoms with Crippen molar-refractivity contribution in [2.24, 2.45) is 0 Å². The topological polar surface area (TPSA) is 78.9 Å². The third-order valence-corrected chi connectivity index (χ3v) is 29.2. The molecular formula is C80H158O6S3Sn. The van der Waals surface area contributed by atoms with Crippen molar-refractivity contribution in [3.05, 3.63) is 0 Å². The van der Waals surface area contributed by atoms with Gasteiger partial charge >= 0.3 is 316 Å². The molecule has 0 saturated carbocycles. The van der Waals surface area contributed by atoms with Crippen LogP contribution in [-0.4, -0.2) is 72.0 Å². The van der Waals surface area contributed by atoms with Crippen molar-refractivity contribution < 1.29 is 23.6 Å². The first kappa shape index (κ1) is 90.3. The molecule has 90 heavy (non-hydrogen) atoms. The molecule has 0 saturated heterocycles. The fourth-order valence-electron chi connectivity index (χ4n) is 12.8. The zero-order valence-electron chi connectivity index (χ0n) is 61.3. The number of thioether (sulfide) groups is 3. The van der Waals surface area contributed by atoms with Gasteiger partial charge in [0.15, 0.2) is 0 Å². The molecule has 0 aromatic heterocycles. The number of unbranched alkanes of at least 4 members (excludes halogenated alkanes) is 62. The van der Waals surface area contributed by atoms with E-state index in [1.54, 1.807) is 35.3 Å². The quantitative estimate of drug-likeness (QED) is 0.0437. The van der Waals surface area contributed by atoms with Crippen LogP contribution in [0.5, 0.6) is 0 Å². The average Bonchev–Trinajstić information content (AvgIpc) is 2.52. The zero-order chi connectivity index (χ0) is 65.1. The first-order valence-corrected chi connectivity index (χ1v) is 49.8. The Kier molecular flexibility index (Phi) is 78.5. The first-order chi connectivity index (χ1) is 44.4. The minimum Gasteiger partial charge on any atom is -0.0654 e. The van der Waals surface area contributed by atoms with Gasteiger partial charge in [-0.2, -0.15) is 0 Å². The minimum atomic E-state index is -5.01. The second-order valence-electron chi connectivity index (χ2n) is 27.9. The van der Waals surface area contributed by atoms with Crippen LogP contribution >= 0.6 is 35.3 Å². The van der Waals surface area contributed by atoms with Gasteiger partial charge in [-0.1, -0.05) is 271 Å². The van der Waals surface area contributed by atoms with Crippen LogP contribution in [-0.2, 0) is 23.6 Å². The van der Waals surface area contributed by atoms with Gasteiger partial charge in [0, 0.05) is 0 Å². The fraction of sp³-hybridized carbons (Fsp3) is 0.963. The molecule has 0 radical (unpaired) electrons. The van der Waals surface area contributed by atoms with E-state index in [9.17, 15) is 14.4 Å². The van der Waals surface area contributed by atoms with Gasteiger partial charge in [-0.05, 0) is 0 Å². The number of carbonyl (C=O) groups is 3. The molecule has 0 heterocycles. The molecule has 536 valence electrons. The van der Waals surface area contributed by atoms with Crippen molar-refractivity contribution in [2.45, 2.75) is 456 Å². The molecule has 0 rings (SSSR count). The Hall–Kier alpha value is 0.259. The molecule has 0 fully saturated rings. The Morgan fingerprint density at radius 3 is 0.489 bits per heavy atom. The Morgan fingerprint density at radius 2 is 0.333 bits per heavy atom.